The SMILES string of the molecule is O=C1Nc2ccc(Cl)cc2C(CNS(=O)(=O)c2ccc(F)cc2)(C(F)(F)F)N1. The number of carbonyl (C=O) groups is 1. The Hall–Kier alpha value is -2.37. The molecule has 0 aliphatic carbocycles. The van der Waals surface area contributed by atoms with E-state index >= 15 is 0 Å². The molecule has 6 nitrogen and oxygen atoms in total. The summed E-state index contributed by atoms with van der Waals surface area (Å²) in [5.41, 5.74) is -3.68. The van der Waals surface area contributed by atoms with Crippen molar-refractivity contribution in [2.24, 2.45) is 0 Å². The van der Waals surface area contributed by atoms with Crippen molar-refractivity contribution < 1.29 is 30.8 Å². The first kappa shape index (κ1) is 20.4. The van der Waals surface area contributed by atoms with Gasteiger partial charge in [-0.3, -0.25) is 0 Å². The molecule has 2 aromatic carbocycles. The van der Waals surface area contributed by atoms with Crippen LogP contribution in [0.2, 0.25) is 5.02 Å². The highest BCUT2D eigenvalue weighted by Crippen LogP contribution is 2.44. The largest absolute Gasteiger partial charge is 0.417 e. The van der Waals surface area contributed by atoms with Gasteiger partial charge in [0.1, 0.15) is 5.82 Å². The number of hydrogen-bond acceptors (Lipinski definition) is 3. The Morgan fingerprint density at radius 3 is 2.36 bits per heavy atom. The van der Waals surface area contributed by atoms with Crippen LogP contribution < -0.4 is 15.4 Å². The predicted molar refractivity (Wildman–Crippen MR) is 92.9 cm³/mol. The van der Waals surface area contributed by atoms with Crippen LogP contribution in [0.15, 0.2) is 47.4 Å². The highest BCUT2D eigenvalue weighted by atomic mass is 35.5. The van der Waals surface area contributed by atoms with Gasteiger partial charge in [-0.15, -0.1) is 0 Å². The minimum Gasteiger partial charge on any atom is -0.319 e. The van der Waals surface area contributed by atoms with Gasteiger partial charge in [-0.1, -0.05) is 11.6 Å². The van der Waals surface area contributed by atoms with E-state index in [1.165, 1.54) is 12.1 Å². The van der Waals surface area contributed by atoms with Gasteiger partial charge in [-0.25, -0.2) is 22.3 Å². The summed E-state index contributed by atoms with van der Waals surface area (Å²) in [4.78, 5) is 11.4. The Morgan fingerprint density at radius 2 is 1.75 bits per heavy atom. The van der Waals surface area contributed by atoms with E-state index in [0.29, 0.717) is 0 Å². The number of sulfonamides is 1. The van der Waals surface area contributed by atoms with Crippen LogP contribution in [-0.4, -0.2) is 27.2 Å². The van der Waals surface area contributed by atoms with Crippen LogP contribution in [0.1, 0.15) is 5.56 Å². The summed E-state index contributed by atoms with van der Waals surface area (Å²) in [6.07, 6.45) is -5.07. The van der Waals surface area contributed by atoms with Crippen molar-refractivity contribution in [1.29, 1.82) is 0 Å². The number of fused-ring (bicyclic) bond motifs is 1. The zero-order valence-electron chi connectivity index (χ0n) is 13.8. The Kier molecular flexibility index (Phi) is 5.02. The van der Waals surface area contributed by atoms with Crippen molar-refractivity contribution in [2.75, 3.05) is 11.9 Å². The third-order valence-corrected chi connectivity index (χ3v) is 5.80. The molecule has 12 heteroatoms. The van der Waals surface area contributed by atoms with Crippen molar-refractivity contribution in [3.05, 3.63) is 58.9 Å². The van der Waals surface area contributed by atoms with Crippen LogP contribution in [-0.2, 0) is 15.6 Å². The summed E-state index contributed by atoms with van der Waals surface area (Å²) in [6.45, 7) is -1.24. The number of hydrogen-bond donors (Lipinski definition) is 3. The van der Waals surface area contributed by atoms with E-state index in [2.05, 4.69) is 5.32 Å². The third kappa shape index (κ3) is 3.64. The van der Waals surface area contributed by atoms with Gasteiger partial charge in [-0.2, -0.15) is 13.2 Å². The molecule has 1 heterocycles. The zero-order valence-corrected chi connectivity index (χ0v) is 15.3. The summed E-state index contributed by atoms with van der Waals surface area (Å²) >= 11 is 5.81. The second-order valence-electron chi connectivity index (χ2n) is 5.95. The Labute approximate surface area is 161 Å². The van der Waals surface area contributed by atoms with Crippen molar-refractivity contribution in [3.8, 4) is 0 Å². The number of urea groups is 1. The molecule has 2 aromatic rings. The summed E-state index contributed by atoms with van der Waals surface area (Å²) in [5.74, 6) is -0.708. The molecule has 0 radical (unpaired) electrons. The van der Waals surface area contributed by atoms with Gasteiger partial charge >= 0.3 is 12.2 Å². The van der Waals surface area contributed by atoms with Gasteiger partial charge in [-0.05, 0) is 42.5 Å². The van der Waals surface area contributed by atoms with Gasteiger partial charge in [0, 0.05) is 22.8 Å². The molecule has 0 aromatic heterocycles. The molecule has 150 valence electrons. The lowest BCUT2D eigenvalue weighted by atomic mass is 9.86. The zero-order chi connectivity index (χ0) is 20.7. The first-order valence-corrected chi connectivity index (χ1v) is 9.52. The van der Waals surface area contributed by atoms with Crippen LogP contribution >= 0.6 is 11.6 Å². The first-order chi connectivity index (χ1) is 12.9. The van der Waals surface area contributed by atoms with E-state index in [-0.39, 0.29) is 10.7 Å². The standard InChI is InChI=1S/C16H12ClF4N3O3S/c17-9-1-6-13-12(7-9)15(16(19,20)21,24-14(25)23-13)8-22-28(26,27)11-4-2-10(18)3-5-11/h1-7,22H,8H2,(H2,23,24,25). The van der Waals surface area contributed by atoms with E-state index in [9.17, 15) is 30.8 Å². The summed E-state index contributed by atoms with van der Waals surface area (Å²) in [6, 6.07) is 5.83. The van der Waals surface area contributed by atoms with Crippen LogP contribution in [0.25, 0.3) is 0 Å². The normalized spacial score (nSPS) is 19.5. The molecule has 0 saturated carbocycles. The van der Waals surface area contributed by atoms with Gasteiger partial charge in [0.15, 0.2) is 5.54 Å². The molecule has 28 heavy (non-hydrogen) atoms. The highest BCUT2D eigenvalue weighted by molar-refractivity contribution is 7.89. The van der Waals surface area contributed by atoms with Crippen molar-refractivity contribution in [1.82, 2.24) is 10.0 Å². The molecule has 3 N–H and O–H groups in total. The number of alkyl halides is 3. The first-order valence-electron chi connectivity index (χ1n) is 7.66. The van der Waals surface area contributed by atoms with Crippen LogP contribution in [0.5, 0.6) is 0 Å². The Morgan fingerprint density at radius 1 is 1.11 bits per heavy atom. The number of anilines is 1. The molecular weight excluding hydrogens is 426 g/mol. The maximum Gasteiger partial charge on any atom is 0.417 e. The fourth-order valence-electron chi connectivity index (χ4n) is 2.76. The van der Waals surface area contributed by atoms with Crippen LogP contribution in [0, 0.1) is 5.82 Å². The maximum atomic E-state index is 14.0. The second kappa shape index (κ2) is 6.90. The number of benzene rings is 2. The van der Waals surface area contributed by atoms with Crippen LogP contribution in [0.3, 0.4) is 0 Å². The van der Waals surface area contributed by atoms with Crippen LogP contribution in [0.4, 0.5) is 28.0 Å². The molecule has 0 bridgehead atoms. The Balaban J connectivity index is 2.04. The third-order valence-electron chi connectivity index (χ3n) is 4.15. The molecule has 3 rings (SSSR count). The fraction of sp³-hybridized carbons (Fsp3) is 0.188. The summed E-state index contributed by atoms with van der Waals surface area (Å²) in [7, 11) is -4.43. The second-order valence-corrected chi connectivity index (χ2v) is 8.15. The number of nitrogens with one attached hydrogen (secondary N) is 3. The summed E-state index contributed by atoms with van der Waals surface area (Å²) < 4.78 is 81.7. The smallest absolute Gasteiger partial charge is 0.319 e. The summed E-state index contributed by atoms with van der Waals surface area (Å²) in [5, 5.41) is 3.95. The van der Waals surface area contributed by atoms with Gasteiger partial charge in [0.25, 0.3) is 0 Å². The number of carbonyl (C=O) groups excluding carboxylic acids is 1. The predicted octanol–water partition coefficient (Wildman–Crippen LogP) is 3.35. The lowest BCUT2D eigenvalue weighted by Crippen LogP contribution is -2.64. The van der Waals surface area contributed by atoms with Crippen molar-refractivity contribution in [2.45, 2.75) is 16.6 Å². The maximum absolute atomic E-state index is 14.0. The van der Waals surface area contributed by atoms with Gasteiger partial charge in [0.2, 0.25) is 10.0 Å². The van der Waals surface area contributed by atoms with E-state index < -0.39 is 50.6 Å². The minimum absolute atomic E-state index is 0.0354. The lowest BCUT2D eigenvalue weighted by Gasteiger charge is -2.41. The van der Waals surface area contributed by atoms with E-state index in [0.717, 1.165) is 30.3 Å². The average molecular weight is 438 g/mol. The molecule has 0 spiro atoms. The lowest BCUT2D eigenvalue weighted by molar-refractivity contribution is -0.195. The number of rotatable bonds is 4. The van der Waals surface area contributed by atoms with E-state index in [4.69, 9.17) is 11.6 Å². The quantitative estimate of drug-likeness (QED) is 0.641. The average Bonchev–Trinajstić information content (AvgIpc) is 2.59. The topological polar surface area (TPSA) is 87.3 Å². The molecule has 1 aliphatic rings. The number of halogens is 5. The molecule has 1 atom stereocenters. The van der Waals surface area contributed by atoms with E-state index in [1.807, 2.05) is 4.72 Å². The van der Waals surface area contributed by atoms with E-state index in [1.54, 1.807) is 5.32 Å². The minimum atomic E-state index is -5.07. The number of amides is 2. The van der Waals surface area contributed by atoms with Crippen molar-refractivity contribution in [3.63, 3.8) is 0 Å². The van der Waals surface area contributed by atoms with Crippen molar-refractivity contribution >= 4 is 33.3 Å². The monoisotopic (exact) mass is 437 g/mol. The molecule has 2 amide bonds. The molecular formula is C16H12ClF4N3O3S. The molecule has 0 fully saturated rings. The van der Waals surface area contributed by atoms with Gasteiger partial charge in [0.05, 0.1) is 4.90 Å². The molecule has 1 aliphatic heterocycles. The molecule has 0 saturated heterocycles. The highest BCUT2D eigenvalue weighted by Gasteiger charge is 2.60. The van der Waals surface area contributed by atoms with Gasteiger partial charge < -0.3 is 10.6 Å². The molecule has 1 unspecified atom stereocenters. The Bertz CT molecular complexity index is 1030. The fourth-order valence-corrected chi connectivity index (χ4v) is 4.00.